The van der Waals surface area contributed by atoms with Gasteiger partial charge in [-0.25, -0.2) is 0 Å². The Hall–Kier alpha value is -1.39. The summed E-state index contributed by atoms with van der Waals surface area (Å²) >= 11 is 0. The first kappa shape index (κ1) is 17.7. The average molecular weight is 291 g/mol. The summed E-state index contributed by atoms with van der Waals surface area (Å²) in [5.74, 6) is 0.0812. The number of benzene rings is 1. The zero-order valence-electron chi connectivity index (χ0n) is 13.8. The summed E-state index contributed by atoms with van der Waals surface area (Å²) in [6, 6.07) is 9.75. The van der Waals surface area contributed by atoms with Crippen molar-refractivity contribution in [1.82, 2.24) is 15.1 Å². The van der Waals surface area contributed by atoms with Crippen LogP contribution in [-0.4, -0.2) is 55.5 Å². The maximum atomic E-state index is 12.5. The lowest BCUT2D eigenvalue weighted by atomic mass is 10.0. The van der Waals surface area contributed by atoms with Crippen molar-refractivity contribution in [2.75, 3.05) is 39.8 Å². The molecule has 1 aromatic rings. The van der Waals surface area contributed by atoms with Gasteiger partial charge in [0.05, 0.1) is 0 Å². The predicted octanol–water partition coefficient (Wildman–Crippen LogP) is 2.14. The molecule has 0 radical (unpaired) electrons. The van der Waals surface area contributed by atoms with E-state index in [2.05, 4.69) is 35.9 Å². The van der Waals surface area contributed by atoms with Crippen molar-refractivity contribution in [3.8, 4) is 0 Å². The largest absolute Gasteiger partial charge is 0.353 e. The third kappa shape index (κ3) is 5.48. The van der Waals surface area contributed by atoms with Gasteiger partial charge in [0.1, 0.15) is 6.04 Å². The second-order valence-electron chi connectivity index (χ2n) is 5.20. The van der Waals surface area contributed by atoms with Crippen molar-refractivity contribution in [3.05, 3.63) is 35.9 Å². The molecule has 0 fully saturated rings. The Morgan fingerprint density at radius 3 is 2.24 bits per heavy atom. The standard InChI is InChI=1S/C17H29N3O/c1-5-19(4)16(15-11-9-8-10-12-15)17(21)18-13-14-20(6-2)7-3/h8-12,16H,5-7,13-14H2,1-4H3,(H,18,21). The highest BCUT2D eigenvalue weighted by Gasteiger charge is 2.23. The number of nitrogens with zero attached hydrogens (tertiary/aromatic N) is 2. The maximum absolute atomic E-state index is 12.5. The fourth-order valence-corrected chi connectivity index (χ4v) is 2.40. The van der Waals surface area contributed by atoms with E-state index >= 15 is 0 Å². The number of carbonyl (C=O) groups is 1. The first-order chi connectivity index (χ1) is 10.1. The van der Waals surface area contributed by atoms with Crippen LogP contribution in [0.3, 0.4) is 0 Å². The van der Waals surface area contributed by atoms with Crippen LogP contribution in [-0.2, 0) is 4.79 Å². The van der Waals surface area contributed by atoms with Crippen LogP contribution in [0.25, 0.3) is 0 Å². The van der Waals surface area contributed by atoms with Crippen LogP contribution in [0.2, 0.25) is 0 Å². The highest BCUT2D eigenvalue weighted by Crippen LogP contribution is 2.18. The van der Waals surface area contributed by atoms with Crippen molar-refractivity contribution in [1.29, 1.82) is 0 Å². The van der Waals surface area contributed by atoms with Gasteiger partial charge in [-0.3, -0.25) is 9.69 Å². The molecule has 4 nitrogen and oxygen atoms in total. The molecule has 1 aromatic carbocycles. The van der Waals surface area contributed by atoms with Gasteiger partial charge in [-0.05, 0) is 32.2 Å². The van der Waals surface area contributed by atoms with E-state index < -0.39 is 0 Å². The van der Waals surface area contributed by atoms with Crippen molar-refractivity contribution < 1.29 is 4.79 Å². The van der Waals surface area contributed by atoms with E-state index in [1.54, 1.807) is 0 Å². The maximum Gasteiger partial charge on any atom is 0.241 e. The van der Waals surface area contributed by atoms with Crippen LogP contribution in [0.1, 0.15) is 32.4 Å². The van der Waals surface area contributed by atoms with Crippen LogP contribution in [0.5, 0.6) is 0 Å². The molecule has 0 aliphatic rings. The molecule has 1 atom stereocenters. The van der Waals surface area contributed by atoms with Crippen molar-refractivity contribution in [2.45, 2.75) is 26.8 Å². The van der Waals surface area contributed by atoms with Crippen molar-refractivity contribution >= 4 is 5.91 Å². The summed E-state index contributed by atoms with van der Waals surface area (Å²) in [7, 11) is 1.99. The second kappa shape index (κ2) is 9.53. The Balaban J connectivity index is 2.65. The minimum atomic E-state index is -0.215. The molecular formula is C17H29N3O. The van der Waals surface area contributed by atoms with Crippen LogP contribution < -0.4 is 5.32 Å². The lowest BCUT2D eigenvalue weighted by Crippen LogP contribution is -2.41. The molecule has 118 valence electrons. The molecular weight excluding hydrogens is 262 g/mol. The number of amides is 1. The van der Waals surface area contributed by atoms with E-state index in [0.717, 1.165) is 31.7 Å². The zero-order valence-corrected chi connectivity index (χ0v) is 13.8. The first-order valence-electron chi connectivity index (χ1n) is 7.89. The molecule has 1 amide bonds. The highest BCUT2D eigenvalue weighted by molar-refractivity contribution is 5.83. The van der Waals surface area contributed by atoms with Gasteiger partial charge in [0.25, 0.3) is 0 Å². The van der Waals surface area contributed by atoms with Gasteiger partial charge in [-0.2, -0.15) is 0 Å². The number of rotatable bonds is 9. The van der Waals surface area contributed by atoms with Crippen molar-refractivity contribution in [2.24, 2.45) is 0 Å². The monoisotopic (exact) mass is 291 g/mol. The minimum Gasteiger partial charge on any atom is -0.353 e. The summed E-state index contributed by atoms with van der Waals surface area (Å²) in [6.45, 7) is 10.8. The fraction of sp³-hybridized carbons (Fsp3) is 0.588. The summed E-state index contributed by atoms with van der Waals surface area (Å²) in [6.07, 6.45) is 0. The Kier molecular flexibility index (Phi) is 8.01. The number of hydrogen-bond donors (Lipinski definition) is 1. The molecule has 0 saturated carbocycles. The summed E-state index contributed by atoms with van der Waals surface area (Å²) in [4.78, 5) is 16.9. The molecule has 4 heteroatoms. The molecule has 0 saturated heterocycles. The SMILES string of the molecule is CCN(CC)CCNC(=O)C(c1ccccc1)N(C)CC. The number of hydrogen-bond acceptors (Lipinski definition) is 3. The Morgan fingerprint density at radius 2 is 1.71 bits per heavy atom. The third-order valence-corrected chi connectivity index (χ3v) is 3.92. The zero-order chi connectivity index (χ0) is 15.7. The molecule has 1 rings (SSSR count). The van der Waals surface area contributed by atoms with Crippen LogP contribution in [0, 0.1) is 0 Å². The van der Waals surface area contributed by atoms with Crippen LogP contribution in [0.4, 0.5) is 0 Å². The smallest absolute Gasteiger partial charge is 0.241 e. The minimum absolute atomic E-state index is 0.0812. The molecule has 1 unspecified atom stereocenters. The van der Waals surface area contributed by atoms with Crippen molar-refractivity contribution in [3.63, 3.8) is 0 Å². The lowest BCUT2D eigenvalue weighted by Gasteiger charge is -2.27. The molecule has 1 N–H and O–H groups in total. The van der Waals surface area contributed by atoms with Crippen LogP contribution in [0.15, 0.2) is 30.3 Å². The predicted molar refractivity (Wildman–Crippen MR) is 88.3 cm³/mol. The van der Waals surface area contributed by atoms with Gasteiger partial charge in [0, 0.05) is 13.1 Å². The van der Waals surface area contributed by atoms with Gasteiger partial charge in [-0.1, -0.05) is 51.1 Å². The molecule has 0 aromatic heterocycles. The highest BCUT2D eigenvalue weighted by atomic mass is 16.2. The summed E-state index contributed by atoms with van der Waals surface area (Å²) < 4.78 is 0. The second-order valence-corrected chi connectivity index (χ2v) is 5.20. The average Bonchev–Trinajstić information content (AvgIpc) is 2.52. The van der Waals surface area contributed by atoms with Gasteiger partial charge in [0.15, 0.2) is 0 Å². The van der Waals surface area contributed by atoms with E-state index in [-0.39, 0.29) is 11.9 Å². The van der Waals surface area contributed by atoms with E-state index in [0.29, 0.717) is 6.54 Å². The van der Waals surface area contributed by atoms with Gasteiger partial charge >= 0.3 is 0 Å². The molecule has 0 spiro atoms. The third-order valence-electron chi connectivity index (χ3n) is 3.92. The molecule has 0 heterocycles. The van der Waals surface area contributed by atoms with E-state index in [1.807, 2.05) is 37.4 Å². The summed E-state index contributed by atoms with van der Waals surface area (Å²) in [5, 5.41) is 3.07. The van der Waals surface area contributed by atoms with Crippen LogP contribution >= 0.6 is 0 Å². The van der Waals surface area contributed by atoms with E-state index in [1.165, 1.54) is 0 Å². The van der Waals surface area contributed by atoms with E-state index in [9.17, 15) is 4.79 Å². The van der Waals surface area contributed by atoms with Gasteiger partial charge < -0.3 is 10.2 Å². The molecule has 0 aliphatic heterocycles. The quantitative estimate of drug-likeness (QED) is 0.757. The fourth-order valence-electron chi connectivity index (χ4n) is 2.40. The Labute approximate surface area is 129 Å². The van der Waals surface area contributed by atoms with E-state index in [4.69, 9.17) is 0 Å². The van der Waals surface area contributed by atoms with Gasteiger partial charge in [-0.15, -0.1) is 0 Å². The number of likely N-dealkylation sites (N-methyl/N-ethyl adjacent to an activating group) is 2. The molecule has 0 bridgehead atoms. The number of carbonyl (C=O) groups excluding carboxylic acids is 1. The molecule has 0 aliphatic carbocycles. The topological polar surface area (TPSA) is 35.6 Å². The Bertz CT molecular complexity index is 404. The van der Waals surface area contributed by atoms with Gasteiger partial charge in [0.2, 0.25) is 5.91 Å². The summed E-state index contributed by atoms with van der Waals surface area (Å²) in [5.41, 5.74) is 1.04. The lowest BCUT2D eigenvalue weighted by molar-refractivity contribution is -0.126. The molecule has 21 heavy (non-hydrogen) atoms. The normalized spacial score (nSPS) is 12.7. The first-order valence-corrected chi connectivity index (χ1v) is 7.89. The number of nitrogens with one attached hydrogen (secondary N) is 1. The Morgan fingerprint density at radius 1 is 1.10 bits per heavy atom.